The molecule has 0 aromatic heterocycles. The molecule has 1 nitrogen and oxygen atoms in total. The van der Waals surface area contributed by atoms with E-state index in [4.69, 9.17) is 0 Å². The molecule has 0 aromatic rings. The smallest absolute Gasteiger partial charge is 0.248 e. The fraction of sp³-hybridized carbons (Fsp3) is 0.750. The first kappa shape index (κ1) is 6.95. The second-order valence-electron chi connectivity index (χ2n) is 1.09. The molecule has 0 unspecified atom stereocenters. The molecule has 0 saturated carbocycles. The van der Waals surface area contributed by atoms with Gasteiger partial charge in [-0.2, -0.15) is 4.39 Å². The minimum Gasteiger partial charge on any atom is -0.248 e. The summed E-state index contributed by atoms with van der Waals surface area (Å²) >= 11 is 0.726. The third-order valence-electron chi connectivity index (χ3n) is 0.420. The fourth-order valence-electron chi connectivity index (χ4n) is 0.182. The summed E-state index contributed by atoms with van der Waals surface area (Å²) in [6.07, 6.45) is 0.848. The van der Waals surface area contributed by atoms with Crippen LogP contribution in [0.4, 0.5) is 9.18 Å². The molecule has 0 saturated heterocycles. The van der Waals surface area contributed by atoms with Gasteiger partial charge in [-0.15, -0.1) is 0 Å². The van der Waals surface area contributed by atoms with Crippen LogP contribution in [0.5, 0.6) is 0 Å². The normalized spacial score (nSPS) is 8.86. The Balaban J connectivity index is 2.82. The van der Waals surface area contributed by atoms with Gasteiger partial charge in [0, 0.05) is 5.75 Å². The summed E-state index contributed by atoms with van der Waals surface area (Å²) in [5, 5.41) is -1.28. The van der Waals surface area contributed by atoms with Gasteiger partial charge in [0.15, 0.2) is 0 Å². The molecule has 42 valence electrons. The maximum absolute atomic E-state index is 11.2. The van der Waals surface area contributed by atoms with Crippen molar-refractivity contribution >= 4 is 17.1 Å². The van der Waals surface area contributed by atoms with E-state index in [0.717, 1.165) is 18.2 Å². The Morgan fingerprint density at radius 3 is 2.57 bits per heavy atom. The number of carbonyl (C=O) groups is 1. The number of thioether (sulfide) groups is 1. The van der Waals surface area contributed by atoms with Crippen LogP contribution in [0.15, 0.2) is 0 Å². The molecular weight excluding hydrogens is 115 g/mol. The highest BCUT2D eigenvalue weighted by Gasteiger charge is 1.93. The molecule has 0 N–H and O–H groups in total. The van der Waals surface area contributed by atoms with Crippen LogP contribution in [0.2, 0.25) is 0 Å². The van der Waals surface area contributed by atoms with E-state index in [0.29, 0.717) is 5.75 Å². The number of carbonyl (C=O) groups excluding carboxylic acids is 1. The van der Waals surface area contributed by atoms with Crippen LogP contribution in [0.1, 0.15) is 13.3 Å². The molecule has 0 heterocycles. The SMILES string of the molecule is CCCSC(=O)F. The van der Waals surface area contributed by atoms with Crippen molar-refractivity contribution in [3.05, 3.63) is 0 Å². The zero-order valence-corrected chi connectivity index (χ0v) is 4.93. The van der Waals surface area contributed by atoms with Gasteiger partial charge < -0.3 is 0 Å². The molecule has 3 heteroatoms. The lowest BCUT2D eigenvalue weighted by Gasteiger charge is -1.83. The summed E-state index contributed by atoms with van der Waals surface area (Å²) in [4.78, 5) is 9.50. The monoisotopic (exact) mass is 122 g/mol. The quantitative estimate of drug-likeness (QED) is 0.522. The highest BCUT2D eigenvalue weighted by Crippen LogP contribution is 2.04. The summed E-state index contributed by atoms with van der Waals surface area (Å²) in [5.41, 5.74) is 0. The van der Waals surface area contributed by atoms with Crippen molar-refractivity contribution in [1.82, 2.24) is 0 Å². The maximum atomic E-state index is 11.2. The third kappa shape index (κ3) is 5.95. The molecule has 0 aromatic carbocycles. The van der Waals surface area contributed by atoms with Crippen molar-refractivity contribution in [2.45, 2.75) is 13.3 Å². The number of hydrogen-bond donors (Lipinski definition) is 0. The minimum atomic E-state index is -1.28. The Morgan fingerprint density at radius 2 is 2.43 bits per heavy atom. The van der Waals surface area contributed by atoms with Gasteiger partial charge in [0.1, 0.15) is 0 Å². The summed E-state index contributed by atoms with van der Waals surface area (Å²) in [6, 6.07) is 0. The predicted octanol–water partition coefficient (Wildman–Crippen LogP) is 2.22. The lowest BCUT2D eigenvalue weighted by molar-refractivity contribution is 0.245. The molecule has 7 heavy (non-hydrogen) atoms. The standard InChI is InChI=1S/C4H7FOS/c1-2-3-7-4(5)6/h2-3H2,1H3. The predicted molar refractivity (Wildman–Crippen MR) is 29.3 cm³/mol. The molecule has 0 radical (unpaired) electrons. The van der Waals surface area contributed by atoms with Crippen molar-refractivity contribution in [3.63, 3.8) is 0 Å². The molecule has 0 rings (SSSR count). The second kappa shape index (κ2) is 4.12. The Bertz CT molecular complexity index is 64.7. The Kier molecular flexibility index (Phi) is 4.09. The first-order chi connectivity index (χ1) is 3.27. The highest BCUT2D eigenvalue weighted by molar-refractivity contribution is 8.13. The molecule has 0 spiro atoms. The molecular formula is C4H7FOS. The largest absolute Gasteiger partial charge is 0.359 e. The van der Waals surface area contributed by atoms with Crippen molar-refractivity contribution in [1.29, 1.82) is 0 Å². The van der Waals surface area contributed by atoms with Gasteiger partial charge >= 0.3 is 5.37 Å². The lowest BCUT2D eigenvalue weighted by Crippen LogP contribution is -1.77. The van der Waals surface area contributed by atoms with E-state index in [1.165, 1.54) is 0 Å². The van der Waals surface area contributed by atoms with Gasteiger partial charge in [0.2, 0.25) is 0 Å². The molecule has 0 aliphatic rings. The van der Waals surface area contributed by atoms with Crippen LogP contribution in [0.25, 0.3) is 0 Å². The summed E-state index contributed by atoms with van der Waals surface area (Å²) in [6.45, 7) is 1.90. The Hall–Kier alpha value is -0.0500. The number of halogens is 1. The second-order valence-corrected chi connectivity index (χ2v) is 2.10. The van der Waals surface area contributed by atoms with Crippen LogP contribution >= 0.6 is 11.8 Å². The summed E-state index contributed by atoms with van der Waals surface area (Å²) < 4.78 is 11.2. The van der Waals surface area contributed by atoms with Gasteiger partial charge in [0.05, 0.1) is 0 Å². The van der Waals surface area contributed by atoms with E-state index in [9.17, 15) is 9.18 Å². The van der Waals surface area contributed by atoms with Crippen LogP contribution in [-0.4, -0.2) is 11.1 Å². The zero-order valence-electron chi connectivity index (χ0n) is 4.11. The van der Waals surface area contributed by atoms with Gasteiger partial charge in [-0.25, -0.2) is 4.79 Å². The third-order valence-corrected chi connectivity index (χ3v) is 1.26. The van der Waals surface area contributed by atoms with Crippen molar-refractivity contribution < 1.29 is 9.18 Å². The van der Waals surface area contributed by atoms with Gasteiger partial charge in [-0.1, -0.05) is 18.7 Å². The van der Waals surface area contributed by atoms with Crippen LogP contribution in [0.3, 0.4) is 0 Å². The van der Waals surface area contributed by atoms with Crippen LogP contribution in [0, 0.1) is 0 Å². The highest BCUT2D eigenvalue weighted by atomic mass is 32.2. The Labute approximate surface area is 46.3 Å². The molecule has 0 atom stereocenters. The van der Waals surface area contributed by atoms with E-state index < -0.39 is 5.37 Å². The van der Waals surface area contributed by atoms with Gasteiger partial charge in [-0.05, 0) is 6.42 Å². The van der Waals surface area contributed by atoms with E-state index >= 15 is 0 Å². The number of hydrogen-bond acceptors (Lipinski definition) is 2. The maximum Gasteiger partial charge on any atom is 0.359 e. The van der Waals surface area contributed by atoms with Crippen molar-refractivity contribution in [2.24, 2.45) is 0 Å². The molecule has 0 fully saturated rings. The molecule has 0 aliphatic heterocycles. The summed E-state index contributed by atoms with van der Waals surface area (Å²) in [7, 11) is 0. The number of rotatable bonds is 2. The van der Waals surface area contributed by atoms with Crippen molar-refractivity contribution in [2.75, 3.05) is 5.75 Å². The molecule has 0 amide bonds. The average molecular weight is 122 g/mol. The van der Waals surface area contributed by atoms with Gasteiger partial charge in [0.25, 0.3) is 0 Å². The first-order valence-electron chi connectivity index (χ1n) is 2.09. The van der Waals surface area contributed by atoms with Gasteiger partial charge in [-0.3, -0.25) is 0 Å². The van der Waals surface area contributed by atoms with Crippen LogP contribution in [-0.2, 0) is 0 Å². The summed E-state index contributed by atoms with van der Waals surface area (Å²) in [5.74, 6) is 0.593. The van der Waals surface area contributed by atoms with E-state index in [1.807, 2.05) is 6.92 Å². The van der Waals surface area contributed by atoms with Crippen LogP contribution < -0.4 is 0 Å². The molecule has 0 bridgehead atoms. The molecule has 0 aliphatic carbocycles. The first-order valence-corrected chi connectivity index (χ1v) is 3.08. The lowest BCUT2D eigenvalue weighted by atomic mass is 10.6. The average Bonchev–Trinajstić information content (AvgIpc) is 1.61. The fourth-order valence-corrected chi connectivity index (χ4v) is 0.547. The zero-order chi connectivity index (χ0) is 5.70. The van der Waals surface area contributed by atoms with E-state index in [2.05, 4.69) is 0 Å². The minimum absolute atomic E-state index is 0.593. The van der Waals surface area contributed by atoms with E-state index in [1.54, 1.807) is 0 Å². The topological polar surface area (TPSA) is 17.1 Å². The van der Waals surface area contributed by atoms with E-state index in [-0.39, 0.29) is 0 Å². The Morgan fingerprint density at radius 1 is 1.86 bits per heavy atom. The van der Waals surface area contributed by atoms with Crippen molar-refractivity contribution in [3.8, 4) is 0 Å².